The van der Waals surface area contributed by atoms with Gasteiger partial charge in [-0.05, 0) is 61.1 Å². The number of amides is 1. The van der Waals surface area contributed by atoms with Gasteiger partial charge in [0.1, 0.15) is 5.75 Å². The van der Waals surface area contributed by atoms with Gasteiger partial charge in [-0.1, -0.05) is 42.5 Å². The highest BCUT2D eigenvalue weighted by molar-refractivity contribution is 5.98. The highest BCUT2D eigenvalue weighted by Gasteiger charge is 2.15. The van der Waals surface area contributed by atoms with Gasteiger partial charge < -0.3 is 15.0 Å². The first-order chi connectivity index (χ1) is 13.1. The van der Waals surface area contributed by atoms with Crippen LogP contribution < -0.4 is 10.1 Å². The number of likely N-dealkylation sites (N-methyl/N-ethyl adjacent to an activating group) is 1. The first-order valence-electron chi connectivity index (χ1n) is 9.13. The van der Waals surface area contributed by atoms with Gasteiger partial charge in [-0.25, -0.2) is 0 Å². The van der Waals surface area contributed by atoms with Crippen LogP contribution in [0, 0.1) is 0 Å². The minimum Gasteiger partial charge on any atom is -0.497 e. The first kappa shape index (κ1) is 18.9. The van der Waals surface area contributed by atoms with E-state index in [1.54, 1.807) is 7.11 Å². The molecule has 3 aromatic carbocycles. The second-order valence-corrected chi connectivity index (χ2v) is 6.95. The molecule has 140 valence electrons. The zero-order chi connectivity index (χ0) is 19.2. The fourth-order valence-corrected chi connectivity index (χ4v) is 3.13. The molecule has 0 unspecified atom stereocenters. The lowest BCUT2D eigenvalue weighted by Gasteiger charge is -2.25. The number of benzene rings is 3. The fourth-order valence-electron chi connectivity index (χ4n) is 3.13. The van der Waals surface area contributed by atoms with E-state index in [4.69, 9.17) is 4.74 Å². The Morgan fingerprint density at radius 3 is 2.41 bits per heavy atom. The Bertz CT molecular complexity index is 907. The molecule has 0 saturated heterocycles. The average Bonchev–Trinajstić information content (AvgIpc) is 2.70. The van der Waals surface area contributed by atoms with Gasteiger partial charge in [0.2, 0.25) is 0 Å². The van der Waals surface area contributed by atoms with Gasteiger partial charge in [-0.15, -0.1) is 0 Å². The summed E-state index contributed by atoms with van der Waals surface area (Å²) < 4.78 is 5.25. The van der Waals surface area contributed by atoms with Crippen molar-refractivity contribution in [1.29, 1.82) is 0 Å². The third-order valence-corrected chi connectivity index (χ3v) is 4.85. The molecule has 0 aliphatic rings. The Hall–Kier alpha value is -2.85. The number of carbonyl (C=O) groups excluding carboxylic acids is 1. The van der Waals surface area contributed by atoms with Crippen LogP contribution in [-0.4, -0.2) is 44.6 Å². The SMILES string of the molecule is COc1ccc2cc(C(=O)NC[C@@H](Cc3ccccc3)N(C)C)ccc2c1. The number of ether oxygens (including phenoxy) is 1. The molecule has 4 heteroatoms. The molecule has 0 aliphatic carbocycles. The Morgan fingerprint density at radius 1 is 1.00 bits per heavy atom. The molecule has 0 aliphatic heterocycles. The molecule has 3 aromatic rings. The molecule has 0 saturated carbocycles. The van der Waals surface area contributed by atoms with Crippen molar-refractivity contribution >= 4 is 16.7 Å². The molecule has 0 aromatic heterocycles. The van der Waals surface area contributed by atoms with Crippen LogP contribution in [0.5, 0.6) is 5.75 Å². The van der Waals surface area contributed by atoms with E-state index in [-0.39, 0.29) is 11.9 Å². The summed E-state index contributed by atoms with van der Waals surface area (Å²) in [6, 6.07) is 22.2. The molecular weight excluding hydrogens is 336 g/mol. The normalized spacial score (nSPS) is 12.1. The summed E-state index contributed by atoms with van der Waals surface area (Å²) in [5.74, 6) is 0.766. The van der Waals surface area contributed by atoms with Crippen LogP contribution in [-0.2, 0) is 6.42 Å². The van der Waals surface area contributed by atoms with E-state index in [0.717, 1.165) is 22.9 Å². The maximum atomic E-state index is 12.6. The number of carbonyl (C=O) groups is 1. The molecule has 4 nitrogen and oxygen atoms in total. The highest BCUT2D eigenvalue weighted by Crippen LogP contribution is 2.21. The van der Waals surface area contributed by atoms with Crippen molar-refractivity contribution in [2.24, 2.45) is 0 Å². The fraction of sp³-hybridized carbons (Fsp3) is 0.261. The van der Waals surface area contributed by atoms with Crippen LogP contribution >= 0.6 is 0 Å². The first-order valence-corrected chi connectivity index (χ1v) is 9.13. The van der Waals surface area contributed by atoms with Crippen molar-refractivity contribution < 1.29 is 9.53 Å². The second-order valence-electron chi connectivity index (χ2n) is 6.95. The summed E-state index contributed by atoms with van der Waals surface area (Å²) in [5, 5.41) is 5.16. The maximum absolute atomic E-state index is 12.6. The van der Waals surface area contributed by atoms with E-state index in [1.165, 1.54) is 5.56 Å². The average molecular weight is 362 g/mol. The predicted molar refractivity (Wildman–Crippen MR) is 110 cm³/mol. The maximum Gasteiger partial charge on any atom is 0.251 e. The molecule has 1 N–H and O–H groups in total. The van der Waals surface area contributed by atoms with Crippen LogP contribution in [0.1, 0.15) is 15.9 Å². The zero-order valence-corrected chi connectivity index (χ0v) is 16.1. The highest BCUT2D eigenvalue weighted by atomic mass is 16.5. The van der Waals surface area contributed by atoms with Crippen molar-refractivity contribution in [3.8, 4) is 5.75 Å². The smallest absolute Gasteiger partial charge is 0.251 e. The van der Waals surface area contributed by atoms with Crippen molar-refractivity contribution in [1.82, 2.24) is 10.2 Å². The van der Waals surface area contributed by atoms with Gasteiger partial charge in [0, 0.05) is 18.2 Å². The number of rotatable bonds is 7. The van der Waals surface area contributed by atoms with Crippen LogP contribution in [0.25, 0.3) is 10.8 Å². The van der Waals surface area contributed by atoms with E-state index in [0.29, 0.717) is 12.1 Å². The van der Waals surface area contributed by atoms with E-state index < -0.39 is 0 Å². The number of methoxy groups -OCH3 is 1. The summed E-state index contributed by atoms with van der Waals surface area (Å²) in [7, 11) is 5.74. The minimum atomic E-state index is -0.0485. The summed E-state index contributed by atoms with van der Waals surface area (Å²) in [6.45, 7) is 0.599. The zero-order valence-electron chi connectivity index (χ0n) is 16.1. The molecule has 0 radical (unpaired) electrons. The van der Waals surface area contributed by atoms with Crippen molar-refractivity contribution in [3.63, 3.8) is 0 Å². The summed E-state index contributed by atoms with van der Waals surface area (Å²) >= 11 is 0. The van der Waals surface area contributed by atoms with E-state index in [1.807, 2.05) is 68.7 Å². The number of nitrogens with one attached hydrogen (secondary N) is 1. The largest absolute Gasteiger partial charge is 0.497 e. The quantitative estimate of drug-likeness (QED) is 0.696. The summed E-state index contributed by atoms with van der Waals surface area (Å²) in [5.41, 5.74) is 1.94. The molecule has 1 amide bonds. The van der Waals surface area contributed by atoms with Crippen molar-refractivity contribution in [3.05, 3.63) is 77.9 Å². The van der Waals surface area contributed by atoms with Crippen LogP contribution in [0.4, 0.5) is 0 Å². The van der Waals surface area contributed by atoms with Crippen molar-refractivity contribution in [2.75, 3.05) is 27.7 Å². The lowest BCUT2D eigenvalue weighted by atomic mass is 10.0. The molecule has 0 fully saturated rings. The molecule has 0 bridgehead atoms. The third kappa shape index (κ3) is 4.86. The van der Waals surface area contributed by atoms with E-state index in [9.17, 15) is 4.79 Å². The summed E-state index contributed by atoms with van der Waals surface area (Å²) in [4.78, 5) is 14.8. The van der Waals surface area contributed by atoms with Crippen LogP contribution in [0.15, 0.2) is 66.7 Å². The molecular formula is C23H26N2O2. The third-order valence-electron chi connectivity index (χ3n) is 4.85. The Morgan fingerprint density at radius 2 is 1.70 bits per heavy atom. The standard InChI is InChI=1S/C23H26N2O2/c1-25(2)21(13-17-7-5-4-6-8-17)16-24-23(26)20-10-9-19-15-22(27-3)12-11-18(19)14-20/h4-12,14-15,21H,13,16H2,1-3H3,(H,24,26)/t21-/m1/s1. The number of hydrogen-bond donors (Lipinski definition) is 1. The monoisotopic (exact) mass is 362 g/mol. The molecule has 0 spiro atoms. The van der Waals surface area contributed by atoms with E-state index in [2.05, 4.69) is 22.3 Å². The minimum absolute atomic E-state index is 0.0485. The van der Waals surface area contributed by atoms with Crippen molar-refractivity contribution in [2.45, 2.75) is 12.5 Å². The second kappa shape index (κ2) is 8.69. The van der Waals surface area contributed by atoms with Crippen LogP contribution in [0.3, 0.4) is 0 Å². The number of hydrogen-bond acceptors (Lipinski definition) is 3. The molecule has 27 heavy (non-hydrogen) atoms. The Labute approximate surface area is 160 Å². The van der Waals surface area contributed by atoms with Crippen LogP contribution in [0.2, 0.25) is 0 Å². The molecule has 3 rings (SSSR count). The van der Waals surface area contributed by atoms with E-state index >= 15 is 0 Å². The number of fused-ring (bicyclic) bond motifs is 1. The Kier molecular flexibility index (Phi) is 6.09. The topological polar surface area (TPSA) is 41.6 Å². The molecule has 0 heterocycles. The van der Waals surface area contributed by atoms with Gasteiger partial charge in [-0.3, -0.25) is 4.79 Å². The summed E-state index contributed by atoms with van der Waals surface area (Å²) in [6.07, 6.45) is 0.894. The van der Waals surface area contributed by atoms with Gasteiger partial charge in [0.05, 0.1) is 7.11 Å². The lowest BCUT2D eigenvalue weighted by molar-refractivity contribution is 0.0942. The van der Waals surface area contributed by atoms with Gasteiger partial charge in [0.25, 0.3) is 5.91 Å². The number of nitrogens with zero attached hydrogens (tertiary/aromatic N) is 1. The predicted octanol–water partition coefficient (Wildman–Crippen LogP) is 3.75. The molecule has 1 atom stereocenters. The van der Waals surface area contributed by atoms with Gasteiger partial charge >= 0.3 is 0 Å². The lowest BCUT2D eigenvalue weighted by Crippen LogP contribution is -2.41. The van der Waals surface area contributed by atoms with Gasteiger partial charge in [0.15, 0.2) is 0 Å². The van der Waals surface area contributed by atoms with Gasteiger partial charge in [-0.2, -0.15) is 0 Å². The Balaban J connectivity index is 1.67.